The number of aromatic nitrogens is 3. The topological polar surface area (TPSA) is 38.7 Å². The van der Waals surface area contributed by atoms with E-state index in [2.05, 4.69) is 15.2 Å². The van der Waals surface area contributed by atoms with E-state index in [-0.39, 0.29) is 0 Å². The summed E-state index contributed by atoms with van der Waals surface area (Å²) in [7, 11) is 0. The molecule has 0 saturated carbocycles. The van der Waals surface area contributed by atoms with E-state index >= 15 is 0 Å². The van der Waals surface area contributed by atoms with Crippen LogP contribution in [0.15, 0.2) is 23.8 Å². The molecule has 2 rings (SSSR count). The molecule has 0 aliphatic heterocycles. The van der Waals surface area contributed by atoms with Gasteiger partial charge in [-0.05, 0) is 12.1 Å². The summed E-state index contributed by atoms with van der Waals surface area (Å²) >= 11 is 7.11. The summed E-state index contributed by atoms with van der Waals surface area (Å²) in [6, 6.07) is 3.61. The van der Waals surface area contributed by atoms with Gasteiger partial charge < -0.3 is 0 Å². The first-order valence-corrected chi connectivity index (χ1v) is 4.50. The Morgan fingerprint density at radius 2 is 2.25 bits per heavy atom. The molecule has 2 aromatic heterocycles. The van der Waals surface area contributed by atoms with Crippen molar-refractivity contribution in [2.75, 3.05) is 0 Å². The van der Waals surface area contributed by atoms with Gasteiger partial charge >= 0.3 is 0 Å². The van der Waals surface area contributed by atoms with Crippen LogP contribution in [0.4, 0.5) is 0 Å². The number of halogens is 1. The first-order valence-electron chi connectivity index (χ1n) is 3.24. The summed E-state index contributed by atoms with van der Waals surface area (Å²) in [5.41, 5.74) is 2.63. The Morgan fingerprint density at radius 3 is 2.83 bits per heavy atom. The van der Waals surface area contributed by atoms with E-state index in [0.717, 1.165) is 10.6 Å². The van der Waals surface area contributed by atoms with Gasteiger partial charge in [0.2, 0.25) is 0 Å². The molecule has 60 valence electrons. The minimum atomic E-state index is 0.489. The predicted octanol–water partition coefficient (Wildman–Crippen LogP) is 2.25. The summed E-state index contributed by atoms with van der Waals surface area (Å²) < 4.78 is 0. The van der Waals surface area contributed by atoms with E-state index in [1.807, 2.05) is 6.07 Å². The van der Waals surface area contributed by atoms with Crippen LogP contribution in [0.2, 0.25) is 5.15 Å². The Kier molecular flexibility index (Phi) is 2.01. The first kappa shape index (κ1) is 7.64. The van der Waals surface area contributed by atoms with E-state index in [1.54, 1.807) is 17.8 Å². The molecule has 0 aliphatic rings. The summed E-state index contributed by atoms with van der Waals surface area (Å²) in [4.78, 5) is 3.94. The minimum absolute atomic E-state index is 0.489. The highest BCUT2D eigenvalue weighted by Crippen LogP contribution is 2.20. The second-order valence-electron chi connectivity index (χ2n) is 2.11. The van der Waals surface area contributed by atoms with Gasteiger partial charge in [0.05, 0.1) is 0 Å². The first-order chi connectivity index (χ1) is 5.86. The van der Waals surface area contributed by atoms with Gasteiger partial charge in [0, 0.05) is 11.8 Å². The molecule has 0 unspecified atom stereocenters. The van der Waals surface area contributed by atoms with Gasteiger partial charge in [-0.2, -0.15) is 0 Å². The standard InChI is InChI=1S/C7H4ClN3S/c8-6-2-1-5(3-9-6)7-11-10-4-12-7/h1-4H. The monoisotopic (exact) mass is 197 g/mol. The summed E-state index contributed by atoms with van der Waals surface area (Å²) in [5.74, 6) is 0. The molecule has 0 saturated heterocycles. The molecule has 0 atom stereocenters. The number of hydrogen-bond donors (Lipinski definition) is 0. The second kappa shape index (κ2) is 3.16. The van der Waals surface area contributed by atoms with E-state index in [0.29, 0.717) is 5.15 Å². The zero-order chi connectivity index (χ0) is 8.39. The number of nitrogens with zero attached hydrogens (tertiary/aromatic N) is 3. The molecule has 0 spiro atoms. The molecule has 0 fully saturated rings. The van der Waals surface area contributed by atoms with Crippen LogP contribution in [-0.2, 0) is 0 Å². The number of pyridine rings is 1. The largest absolute Gasteiger partial charge is 0.244 e. The van der Waals surface area contributed by atoms with Gasteiger partial charge in [-0.15, -0.1) is 10.2 Å². The molecule has 0 radical (unpaired) electrons. The molecule has 2 aromatic rings. The van der Waals surface area contributed by atoms with Gasteiger partial charge in [-0.25, -0.2) is 4.98 Å². The molecule has 0 aromatic carbocycles. The van der Waals surface area contributed by atoms with Gasteiger partial charge in [0.15, 0.2) is 0 Å². The van der Waals surface area contributed by atoms with Crippen LogP contribution in [0.25, 0.3) is 10.6 Å². The molecule has 0 amide bonds. The van der Waals surface area contributed by atoms with Crippen molar-refractivity contribution in [3.05, 3.63) is 29.0 Å². The maximum absolute atomic E-state index is 5.63. The summed E-state index contributed by atoms with van der Waals surface area (Å²) in [6.07, 6.45) is 1.68. The molecule has 0 N–H and O–H groups in total. The fourth-order valence-electron chi connectivity index (χ4n) is 0.801. The van der Waals surface area contributed by atoms with Crippen LogP contribution >= 0.6 is 22.9 Å². The lowest BCUT2D eigenvalue weighted by Crippen LogP contribution is -1.79. The average Bonchev–Trinajstić information content (AvgIpc) is 2.58. The molecular formula is C7H4ClN3S. The molecule has 3 nitrogen and oxygen atoms in total. The predicted molar refractivity (Wildman–Crippen MR) is 48.2 cm³/mol. The number of rotatable bonds is 1. The maximum atomic E-state index is 5.63. The fourth-order valence-corrected chi connectivity index (χ4v) is 1.46. The van der Waals surface area contributed by atoms with Crippen molar-refractivity contribution in [3.63, 3.8) is 0 Å². The van der Waals surface area contributed by atoms with Crippen LogP contribution in [0.1, 0.15) is 0 Å². The van der Waals surface area contributed by atoms with Crippen molar-refractivity contribution < 1.29 is 0 Å². The SMILES string of the molecule is Clc1ccc(-c2nncs2)cn1. The van der Waals surface area contributed by atoms with Crippen LogP contribution in [-0.4, -0.2) is 15.2 Å². The molecule has 2 heterocycles. The molecule has 12 heavy (non-hydrogen) atoms. The Bertz CT molecular complexity index is 357. The number of hydrogen-bond acceptors (Lipinski definition) is 4. The zero-order valence-electron chi connectivity index (χ0n) is 5.94. The smallest absolute Gasteiger partial charge is 0.149 e. The van der Waals surface area contributed by atoms with Crippen LogP contribution < -0.4 is 0 Å². The van der Waals surface area contributed by atoms with Crippen LogP contribution in [0.5, 0.6) is 0 Å². The Morgan fingerprint density at radius 1 is 1.33 bits per heavy atom. The van der Waals surface area contributed by atoms with Crippen LogP contribution in [0.3, 0.4) is 0 Å². The lowest BCUT2D eigenvalue weighted by molar-refractivity contribution is 1.09. The third kappa shape index (κ3) is 1.44. The molecule has 0 bridgehead atoms. The van der Waals surface area contributed by atoms with Crippen molar-refractivity contribution in [1.29, 1.82) is 0 Å². The van der Waals surface area contributed by atoms with E-state index in [4.69, 9.17) is 11.6 Å². The van der Waals surface area contributed by atoms with Crippen molar-refractivity contribution in [3.8, 4) is 10.6 Å². The molecule has 0 aliphatic carbocycles. The van der Waals surface area contributed by atoms with Crippen molar-refractivity contribution in [2.45, 2.75) is 0 Å². The van der Waals surface area contributed by atoms with Crippen molar-refractivity contribution in [1.82, 2.24) is 15.2 Å². The Labute approximate surface area is 78.1 Å². The third-order valence-electron chi connectivity index (χ3n) is 1.33. The Balaban J connectivity index is 2.43. The third-order valence-corrected chi connectivity index (χ3v) is 2.30. The van der Waals surface area contributed by atoms with Crippen LogP contribution in [0, 0.1) is 0 Å². The average molecular weight is 198 g/mol. The van der Waals surface area contributed by atoms with Gasteiger partial charge in [0.1, 0.15) is 15.7 Å². The van der Waals surface area contributed by atoms with E-state index in [9.17, 15) is 0 Å². The summed E-state index contributed by atoms with van der Waals surface area (Å²) in [5, 5.41) is 8.98. The molecular weight excluding hydrogens is 194 g/mol. The summed E-state index contributed by atoms with van der Waals surface area (Å²) in [6.45, 7) is 0. The van der Waals surface area contributed by atoms with Gasteiger partial charge in [-0.3, -0.25) is 0 Å². The molecule has 5 heteroatoms. The lowest BCUT2D eigenvalue weighted by Gasteiger charge is -1.92. The maximum Gasteiger partial charge on any atom is 0.149 e. The fraction of sp³-hybridized carbons (Fsp3) is 0. The van der Waals surface area contributed by atoms with E-state index < -0.39 is 0 Å². The van der Waals surface area contributed by atoms with Crippen molar-refractivity contribution >= 4 is 22.9 Å². The highest BCUT2D eigenvalue weighted by atomic mass is 35.5. The quantitative estimate of drug-likeness (QED) is 0.659. The van der Waals surface area contributed by atoms with Gasteiger partial charge in [0.25, 0.3) is 0 Å². The zero-order valence-corrected chi connectivity index (χ0v) is 7.51. The highest BCUT2D eigenvalue weighted by Gasteiger charge is 2.00. The second-order valence-corrected chi connectivity index (χ2v) is 3.33. The lowest BCUT2D eigenvalue weighted by atomic mass is 10.3. The minimum Gasteiger partial charge on any atom is -0.244 e. The Hall–Kier alpha value is -1.00. The van der Waals surface area contributed by atoms with E-state index in [1.165, 1.54) is 11.3 Å². The highest BCUT2D eigenvalue weighted by molar-refractivity contribution is 7.12. The normalized spacial score (nSPS) is 10.1. The van der Waals surface area contributed by atoms with Gasteiger partial charge in [-0.1, -0.05) is 22.9 Å². The van der Waals surface area contributed by atoms with Crippen molar-refractivity contribution in [2.24, 2.45) is 0 Å².